The van der Waals surface area contributed by atoms with Crippen LogP contribution in [0.3, 0.4) is 0 Å². The first-order valence-electron chi connectivity index (χ1n) is 10.3. The quantitative estimate of drug-likeness (QED) is 0.361. The third-order valence-electron chi connectivity index (χ3n) is 5.71. The molecule has 1 aliphatic carbocycles. The summed E-state index contributed by atoms with van der Waals surface area (Å²) in [5.41, 5.74) is 9.17. The van der Waals surface area contributed by atoms with E-state index in [9.17, 15) is 0 Å². The highest BCUT2D eigenvalue weighted by Gasteiger charge is 2.22. The number of benzene rings is 3. The smallest absolute Gasteiger partial charge is 0.0894 e. The van der Waals surface area contributed by atoms with Gasteiger partial charge in [0, 0.05) is 14.1 Å². The largest absolute Gasteiger partial charge is 0.341 e. The summed E-state index contributed by atoms with van der Waals surface area (Å²) in [6.07, 6.45) is 6.33. The second kappa shape index (κ2) is 7.64. The molecule has 6 rings (SSSR count). The van der Waals surface area contributed by atoms with Crippen LogP contribution in [0.1, 0.15) is 17.8 Å². The molecule has 0 bridgehead atoms. The number of allylic oxidation sites excluding steroid dienone is 1. The van der Waals surface area contributed by atoms with Gasteiger partial charge in [-0.1, -0.05) is 42.5 Å². The van der Waals surface area contributed by atoms with Gasteiger partial charge in [0.05, 0.1) is 45.2 Å². The molecular weight excluding hydrogens is 368 g/mol. The van der Waals surface area contributed by atoms with Crippen molar-refractivity contribution < 1.29 is 0 Å². The molecule has 1 aliphatic heterocycles. The van der Waals surface area contributed by atoms with Crippen LogP contribution in [0.15, 0.2) is 78.9 Å². The van der Waals surface area contributed by atoms with Gasteiger partial charge in [-0.15, -0.1) is 0 Å². The Morgan fingerprint density at radius 2 is 1.10 bits per heavy atom. The van der Waals surface area contributed by atoms with Crippen molar-refractivity contribution in [3.05, 3.63) is 90.3 Å². The zero-order chi connectivity index (χ0) is 20.5. The maximum absolute atomic E-state index is 4.60. The van der Waals surface area contributed by atoms with Crippen molar-refractivity contribution in [1.29, 1.82) is 0 Å². The number of nitrogens with zero attached hydrogens (tertiary/aromatic N) is 4. The van der Waals surface area contributed by atoms with E-state index in [-0.39, 0.29) is 0 Å². The van der Waals surface area contributed by atoms with Crippen LogP contribution >= 0.6 is 0 Å². The number of hydrogen-bond acceptors (Lipinski definition) is 4. The number of hydrogen-bond donors (Lipinski definition) is 0. The molecule has 0 radical (unpaired) electrons. The van der Waals surface area contributed by atoms with Gasteiger partial charge in [-0.05, 0) is 55.3 Å². The van der Waals surface area contributed by atoms with E-state index < -0.39 is 0 Å². The first-order chi connectivity index (χ1) is 14.7. The molecule has 0 N–H and O–H groups in total. The van der Waals surface area contributed by atoms with Gasteiger partial charge in [-0.3, -0.25) is 0 Å². The standard InChI is InChI=1S/C14H14N2.C12H10N2/c1-15-11-7-3-5-9-13(11)16(2)14-10-6-4-8-12(14)15;1-2-6-10-9(5-1)13-11-7-3-4-8-12(11)14-10/h3-10H,1-2H3;1-3,5-7H,4,8H2. The fraction of sp³-hybridized carbons (Fsp3) is 0.154. The SMILES string of the molecule is C1=Cc2nc3ccccc3nc2CC1.CN1c2ccccc2N(C)c2ccccc21. The summed E-state index contributed by atoms with van der Waals surface area (Å²) in [5.74, 6) is 0. The molecule has 0 atom stereocenters. The maximum atomic E-state index is 4.60. The Morgan fingerprint density at radius 3 is 1.63 bits per heavy atom. The molecule has 0 spiro atoms. The highest BCUT2D eigenvalue weighted by molar-refractivity contribution is 5.92. The van der Waals surface area contributed by atoms with Crippen LogP contribution in [-0.2, 0) is 6.42 Å². The molecule has 1 aromatic heterocycles. The fourth-order valence-electron chi connectivity index (χ4n) is 4.11. The van der Waals surface area contributed by atoms with Gasteiger partial charge in [0.25, 0.3) is 0 Å². The Balaban J connectivity index is 0.000000130. The summed E-state index contributed by atoms with van der Waals surface area (Å²) in [4.78, 5) is 13.6. The Hall–Kier alpha value is -3.66. The van der Waals surface area contributed by atoms with Crippen molar-refractivity contribution in [3.63, 3.8) is 0 Å². The van der Waals surface area contributed by atoms with Gasteiger partial charge < -0.3 is 9.80 Å². The zero-order valence-corrected chi connectivity index (χ0v) is 17.3. The predicted octanol–water partition coefficient (Wildman–Crippen LogP) is 6.13. The van der Waals surface area contributed by atoms with E-state index >= 15 is 0 Å². The first kappa shape index (κ1) is 18.4. The molecule has 4 aromatic rings. The van der Waals surface area contributed by atoms with Crippen molar-refractivity contribution in [3.8, 4) is 0 Å². The van der Waals surface area contributed by atoms with Gasteiger partial charge in [0.1, 0.15) is 0 Å². The Morgan fingerprint density at radius 1 is 0.633 bits per heavy atom. The van der Waals surface area contributed by atoms with E-state index in [1.807, 2.05) is 24.3 Å². The van der Waals surface area contributed by atoms with Gasteiger partial charge >= 0.3 is 0 Å². The highest BCUT2D eigenvalue weighted by atomic mass is 15.2. The minimum atomic E-state index is 0.984. The minimum Gasteiger partial charge on any atom is -0.341 e. The van der Waals surface area contributed by atoms with Crippen molar-refractivity contribution in [2.45, 2.75) is 12.8 Å². The third kappa shape index (κ3) is 3.20. The number of rotatable bonds is 0. The van der Waals surface area contributed by atoms with Gasteiger partial charge in [0.15, 0.2) is 0 Å². The lowest BCUT2D eigenvalue weighted by Crippen LogP contribution is -2.23. The summed E-state index contributed by atoms with van der Waals surface area (Å²) in [5, 5.41) is 0. The Bertz CT molecular complexity index is 1150. The van der Waals surface area contributed by atoms with Gasteiger partial charge in [-0.25, -0.2) is 9.97 Å². The van der Waals surface area contributed by atoms with Crippen LogP contribution in [0.4, 0.5) is 22.7 Å². The molecule has 0 saturated heterocycles. The molecule has 4 heteroatoms. The number of aryl methyl sites for hydroxylation is 1. The molecule has 2 aliphatic rings. The zero-order valence-electron chi connectivity index (χ0n) is 17.3. The molecule has 30 heavy (non-hydrogen) atoms. The Kier molecular flexibility index (Phi) is 4.68. The first-order valence-corrected chi connectivity index (χ1v) is 10.3. The predicted molar refractivity (Wildman–Crippen MR) is 126 cm³/mol. The molecule has 148 valence electrons. The molecule has 2 heterocycles. The lowest BCUT2D eigenvalue weighted by Gasteiger charge is -2.36. The van der Waals surface area contributed by atoms with E-state index in [0.29, 0.717) is 0 Å². The van der Waals surface area contributed by atoms with Crippen molar-refractivity contribution >= 4 is 39.9 Å². The van der Waals surface area contributed by atoms with Gasteiger partial charge in [-0.2, -0.15) is 0 Å². The molecule has 4 nitrogen and oxygen atoms in total. The molecule has 3 aromatic carbocycles. The van der Waals surface area contributed by atoms with Crippen LogP contribution in [0.5, 0.6) is 0 Å². The fourth-order valence-corrected chi connectivity index (χ4v) is 4.11. The second-order valence-corrected chi connectivity index (χ2v) is 7.58. The van der Waals surface area contributed by atoms with E-state index in [0.717, 1.165) is 35.3 Å². The monoisotopic (exact) mass is 392 g/mol. The van der Waals surface area contributed by atoms with Crippen LogP contribution in [0, 0.1) is 0 Å². The van der Waals surface area contributed by atoms with Crippen LogP contribution in [0.25, 0.3) is 17.1 Å². The maximum Gasteiger partial charge on any atom is 0.0894 e. The topological polar surface area (TPSA) is 32.3 Å². The summed E-state index contributed by atoms with van der Waals surface area (Å²) in [6, 6.07) is 25.0. The lowest BCUT2D eigenvalue weighted by atomic mass is 10.1. The number of fused-ring (bicyclic) bond motifs is 4. The van der Waals surface area contributed by atoms with E-state index in [1.165, 1.54) is 22.7 Å². The van der Waals surface area contributed by atoms with Crippen molar-refractivity contribution in [2.24, 2.45) is 0 Å². The minimum absolute atomic E-state index is 0.984. The molecule has 0 saturated carbocycles. The average Bonchev–Trinajstić information content (AvgIpc) is 2.81. The number of aromatic nitrogens is 2. The summed E-state index contributed by atoms with van der Waals surface area (Å²) < 4.78 is 0. The second-order valence-electron chi connectivity index (χ2n) is 7.58. The van der Waals surface area contributed by atoms with E-state index in [2.05, 4.69) is 94.5 Å². The lowest BCUT2D eigenvalue weighted by molar-refractivity contribution is 0.920. The summed E-state index contributed by atoms with van der Waals surface area (Å²) in [6.45, 7) is 0. The normalized spacial score (nSPS) is 13.8. The van der Waals surface area contributed by atoms with E-state index in [1.54, 1.807) is 0 Å². The highest BCUT2D eigenvalue weighted by Crippen LogP contribution is 2.45. The molecule has 0 unspecified atom stereocenters. The third-order valence-corrected chi connectivity index (χ3v) is 5.71. The molecular formula is C26H24N4. The molecule has 0 fully saturated rings. The average molecular weight is 393 g/mol. The van der Waals surface area contributed by atoms with E-state index in [4.69, 9.17) is 0 Å². The van der Waals surface area contributed by atoms with Crippen LogP contribution < -0.4 is 9.80 Å². The number of anilines is 4. The van der Waals surface area contributed by atoms with Crippen LogP contribution in [-0.4, -0.2) is 24.1 Å². The summed E-state index contributed by atoms with van der Waals surface area (Å²) in [7, 11) is 4.23. The summed E-state index contributed by atoms with van der Waals surface area (Å²) >= 11 is 0. The van der Waals surface area contributed by atoms with Gasteiger partial charge in [0.2, 0.25) is 0 Å². The van der Waals surface area contributed by atoms with Crippen molar-refractivity contribution in [1.82, 2.24) is 9.97 Å². The van der Waals surface area contributed by atoms with Crippen LogP contribution in [0.2, 0.25) is 0 Å². The Labute approximate surface area is 177 Å². The number of para-hydroxylation sites is 6. The molecule has 0 amide bonds. The van der Waals surface area contributed by atoms with Crippen molar-refractivity contribution in [2.75, 3.05) is 23.9 Å².